The molecule has 1 amide bonds. The molecular formula is C19H35NO3S. The summed E-state index contributed by atoms with van der Waals surface area (Å²) >= 11 is 0. The average molecular weight is 358 g/mol. The van der Waals surface area contributed by atoms with Gasteiger partial charge in [0.25, 0.3) is 0 Å². The van der Waals surface area contributed by atoms with Gasteiger partial charge in [-0.1, -0.05) is 57.8 Å². The van der Waals surface area contributed by atoms with Crippen LogP contribution >= 0.6 is 0 Å². The van der Waals surface area contributed by atoms with Gasteiger partial charge in [-0.25, -0.2) is 8.42 Å². The van der Waals surface area contributed by atoms with E-state index in [-0.39, 0.29) is 23.3 Å². The van der Waals surface area contributed by atoms with E-state index >= 15 is 0 Å². The Hall–Kier alpha value is -0.580. The molecule has 1 N–H and O–H groups in total. The van der Waals surface area contributed by atoms with Crippen molar-refractivity contribution in [3.63, 3.8) is 0 Å². The average Bonchev–Trinajstić information content (AvgIpc) is 2.52. The third kappa shape index (κ3) is 8.00. The van der Waals surface area contributed by atoms with E-state index in [9.17, 15) is 13.2 Å². The van der Waals surface area contributed by atoms with Crippen LogP contribution in [-0.2, 0) is 14.6 Å². The monoisotopic (exact) mass is 357 g/mol. The third-order valence-corrected chi connectivity index (χ3v) is 7.33. The van der Waals surface area contributed by atoms with E-state index < -0.39 is 9.84 Å². The predicted octanol–water partition coefficient (Wildman–Crippen LogP) is 3.99. The molecule has 140 valence electrons. The fourth-order valence-electron chi connectivity index (χ4n) is 4.00. The van der Waals surface area contributed by atoms with Gasteiger partial charge in [0, 0.05) is 12.5 Å². The number of sulfone groups is 1. The van der Waals surface area contributed by atoms with E-state index in [2.05, 4.69) is 5.32 Å². The van der Waals surface area contributed by atoms with Gasteiger partial charge in [-0.2, -0.15) is 0 Å². The lowest BCUT2D eigenvalue weighted by atomic mass is 9.96. The normalized spacial score (nSPS) is 25.3. The van der Waals surface area contributed by atoms with Crippen molar-refractivity contribution in [2.45, 2.75) is 95.9 Å². The Kier molecular flexibility index (Phi) is 8.57. The molecule has 0 aromatic rings. The summed E-state index contributed by atoms with van der Waals surface area (Å²) in [5, 5.41) is 3.25. The fraction of sp³-hybridized carbons (Fsp3) is 0.947. The number of rotatable bonds is 3. The topological polar surface area (TPSA) is 63.2 Å². The smallest absolute Gasteiger partial charge is 0.220 e. The second kappa shape index (κ2) is 10.4. The van der Waals surface area contributed by atoms with Crippen LogP contribution < -0.4 is 5.32 Å². The van der Waals surface area contributed by atoms with E-state index in [1.54, 1.807) is 0 Å². The first kappa shape index (κ1) is 19.7. The van der Waals surface area contributed by atoms with E-state index in [0.717, 1.165) is 12.8 Å². The van der Waals surface area contributed by atoms with Crippen LogP contribution in [0.15, 0.2) is 0 Å². The molecule has 0 aromatic heterocycles. The maximum atomic E-state index is 12.4. The fourth-order valence-corrected chi connectivity index (χ4v) is 5.59. The lowest BCUT2D eigenvalue weighted by molar-refractivity contribution is -0.122. The zero-order chi connectivity index (χ0) is 17.3. The molecular weight excluding hydrogens is 322 g/mol. The minimum Gasteiger partial charge on any atom is -0.353 e. The van der Waals surface area contributed by atoms with Crippen molar-refractivity contribution in [2.24, 2.45) is 5.92 Å². The molecule has 5 heteroatoms. The molecule has 24 heavy (non-hydrogen) atoms. The van der Waals surface area contributed by atoms with Crippen LogP contribution in [0.25, 0.3) is 0 Å². The molecule has 2 fully saturated rings. The van der Waals surface area contributed by atoms with Crippen molar-refractivity contribution in [1.82, 2.24) is 5.32 Å². The zero-order valence-corrected chi connectivity index (χ0v) is 15.9. The largest absolute Gasteiger partial charge is 0.353 e. The van der Waals surface area contributed by atoms with Crippen LogP contribution in [-0.4, -0.2) is 31.9 Å². The van der Waals surface area contributed by atoms with Crippen LogP contribution in [0.5, 0.6) is 0 Å². The van der Waals surface area contributed by atoms with Gasteiger partial charge in [0.1, 0.15) is 9.84 Å². The molecule has 0 atom stereocenters. The predicted molar refractivity (Wildman–Crippen MR) is 98.7 cm³/mol. The second-order valence-electron chi connectivity index (χ2n) is 7.82. The number of carbonyl (C=O) groups excluding carboxylic acids is 1. The van der Waals surface area contributed by atoms with Crippen molar-refractivity contribution in [3.8, 4) is 0 Å². The Morgan fingerprint density at radius 2 is 1.21 bits per heavy atom. The summed E-state index contributed by atoms with van der Waals surface area (Å²) < 4.78 is 23.0. The van der Waals surface area contributed by atoms with Crippen LogP contribution in [0.1, 0.15) is 89.9 Å². The molecule has 0 aromatic carbocycles. The van der Waals surface area contributed by atoms with Crippen LogP contribution in [0, 0.1) is 5.92 Å². The number of amides is 1. The molecule has 1 heterocycles. The molecule has 1 aliphatic heterocycles. The Balaban J connectivity index is 1.72. The van der Waals surface area contributed by atoms with Crippen LogP contribution in [0.3, 0.4) is 0 Å². The SMILES string of the molecule is O=C(CC1CCS(=O)(=O)CC1)NC1CCCCCCCCCCC1. The number of nitrogens with one attached hydrogen (secondary N) is 1. The Morgan fingerprint density at radius 1 is 0.750 bits per heavy atom. The third-order valence-electron chi connectivity index (χ3n) is 5.62. The minimum atomic E-state index is -2.83. The first-order valence-corrected chi connectivity index (χ1v) is 11.9. The molecule has 2 aliphatic rings. The highest BCUT2D eigenvalue weighted by atomic mass is 32.2. The zero-order valence-electron chi connectivity index (χ0n) is 15.1. The van der Waals surface area contributed by atoms with E-state index in [1.807, 2.05) is 0 Å². The Labute approximate surface area is 148 Å². The summed E-state index contributed by atoms with van der Waals surface area (Å²) in [5.74, 6) is 0.902. The number of hydrogen-bond acceptors (Lipinski definition) is 3. The summed E-state index contributed by atoms with van der Waals surface area (Å²) in [4.78, 5) is 12.4. The summed E-state index contributed by atoms with van der Waals surface area (Å²) in [5.41, 5.74) is 0. The van der Waals surface area contributed by atoms with Crippen molar-refractivity contribution in [3.05, 3.63) is 0 Å². The first-order chi connectivity index (χ1) is 11.6. The van der Waals surface area contributed by atoms with E-state index in [4.69, 9.17) is 0 Å². The lowest BCUT2D eigenvalue weighted by Crippen LogP contribution is -2.37. The van der Waals surface area contributed by atoms with Crippen molar-refractivity contribution in [1.29, 1.82) is 0 Å². The second-order valence-corrected chi connectivity index (χ2v) is 10.1. The molecule has 1 aliphatic carbocycles. The quantitative estimate of drug-likeness (QED) is 0.830. The van der Waals surface area contributed by atoms with E-state index in [0.29, 0.717) is 25.3 Å². The van der Waals surface area contributed by atoms with Gasteiger partial charge in [0.2, 0.25) is 5.91 Å². The first-order valence-electron chi connectivity index (χ1n) is 10.0. The molecule has 4 nitrogen and oxygen atoms in total. The van der Waals surface area contributed by atoms with Gasteiger partial charge in [0.05, 0.1) is 11.5 Å². The molecule has 1 saturated carbocycles. The highest BCUT2D eigenvalue weighted by Crippen LogP contribution is 2.22. The van der Waals surface area contributed by atoms with Crippen LogP contribution in [0.2, 0.25) is 0 Å². The highest BCUT2D eigenvalue weighted by molar-refractivity contribution is 7.91. The van der Waals surface area contributed by atoms with Crippen molar-refractivity contribution >= 4 is 15.7 Å². The molecule has 0 spiro atoms. The van der Waals surface area contributed by atoms with Gasteiger partial charge < -0.3 is 5.32 Å². The van der Waals surface area contributed by atoms with Gasteiger partial charge in [-0.05, 0) is 31.6 Å². The summed E-state index contributed by atoms with van der Waals surface area (Å²) in [6.45, 7) is 0. The standard InChI is InChI=1S/C19H35NO3S/c21-19(16-17-12-14-24(22,23)15-13-17)20-18-10-8-6-4-2-1-3-5-7-9-11-18/h17-18H,1-16H2,(H,20,21). The maximum absolute atomic E-state index is 12.4. The summed E-state index contributed by atoms with van der Waals surface area (Å²) in [6, 6.07) is 0.323. The highest BCUT2D eigenvalue weighted by Gasteiger charge is 2.25. The van der Waals surface area contributed by atoms with Gasteiger partial charge in [0.15, 0.2) is 0 Å². The molecule has 0 radical (unpaired) electrons. The van der Waals surface area contributed by atoms with Crippen molar-refractivity contribution in [2.75, 3.05) is 11.5 Å². The minimum absolute atomic E-state index is 0.136. The Morgan fingerprint density at radius 3 is 1.71 bits per heavy atom. The van der Waals surface area contributed by atoms with Crippen molar-refractivity contribution < 1.29 is 13.2 Å². The lowest BCUT2D eigenvalue weighted by Gasteiger charge is -2.24. The molecule has 1 saturated heterocycles. The number of hydrogen-bond donors (Lipinski definition) is 1. The van der Waals surface area contributed by atoms with E-state index in [1.165, 1.54) is 57.8 Å². The summed E-state index contributed by atoms with van der Waals surface area (Å²) in [7, 11) is -2.83. The van der Waals surface area contributed by atoms with Crippen LogP contribution in [0.4, 0.5) is 0 Å². The molecule has 2 rings (SSSR count). The van der Waals surface area contributed by atoms with Gasteiger partial charge >= 0.3 is 0 Å². The maximum Gasteiger partial charge on any atom is 0.220 e. The Bertz CT molecular complexity index is 449. The van der Waals surface area contributed by atoms with Gasteiger partial charge in [-0.3, -0.25) is 4.79 Å². The number of carbonyl (C=O) groups is 1. The van der Waals surface area contributed by atoms with Gasteiger partial charge in [-0.15, -0.1) is 0 Å². The summed E-state index contributed by atoms with van der Waals surface area (Å²) in [6.07, 6.45) is 15.8. The molecule has 0 bridgehead atoms. The molecule has 0 unspecified atom stereocenters.